The van der Waals surface area contributed by atoms with E-state index >= 15 is 0 Å². The van der Waals surface area contributed by atoms with Gasteiger partial charge in [0.25, 0.3) is 0 Å². The Labute approximate surface area is 109 Å². The molecule has 1 aromatic carbocycles. The molecule has 0 atom stereocenters. The summed E-state index contributed by atoms with van der Waals surface area (Å²) >= 11 is 7.44. The van der Waals surface area contributed by atoms with Crippen LogP contribution in [0.25, 0.3) is 0 Å². The highest BCUT2D eigenvalue weighted by atomic mass is 35.5. The van der Waals surface area contributed by atoms with E-state index in [-0.39, 0.29) is 5.95 Å². The van der Waals surface area contributed by atoms with E-state index in [0.717, 1.165) is 9.92 Å². The number of rotatable bonds is 3. The van der Waals surface area contributed by atoms with Crippen LogP contribution in [0, 0.1) is 6.92 Å². The van der Waals surface area contributed by atoms with Crippen molar-refractivity contribution in [2.45, 2.75) is 17.6 Å². The Hall–Kier alpha value is -1.33. The van der Waals surface area contributed by atoms with E-state index in [4.69, 9.17) is 17.3 Å². The van der Waals surface area contributed by atoms with Crippen LogP contribution in [0.1, 0.15) is 11.6 Å². The van der Waals surface area contributed by atoms with Crippen LogP contribution >= 0.6 is 23.4 Å². The molecule has 0 aliphatic carbocycles. The van der Waals surface area contributed by atoms with E-state index in [0.29, 0.717) is 17.4 Å². The second-order valence-electron chi connectivity index (χ2n) is 3.40. The first-order valence-corrected chi connectivity index (χ1v) is 6.35. The van der Waals surface area contributed by atoms with Crippen LogP contribution in [-0.4, -0.2) is 15.0 Å². The molecule has 1 aromatic heterocycles. The number of nitrogen functional groups attached to an aromatic ring is 1. The van der Waals surface area contributed by atoms with Gasteiger partial charge in [-0.3, -0.25) is 0 Å². The lowest BCUT2D eigenvalue weighted by Gasteiger charge is -2.02. The summed E-state index contributed by atoms with van der Waals surface area (Å²) in [7, 11) is 0. The van der Waals surface area contributed by atoms with E-state index in [1.54, 1.807) is 18.7 Å². The lowest BCUT2D eigenvalue weighted by atomic mass is 10.4. The SMILES string of the molecule is Cc1nc(N)nc(CSc2ccc(Cl)cc2)n1. The maximum absolute atomic E-state index is 5.81. The van der Waals surface area contributed by atoms with Crippen molar-refractivity contribution in [2.75, 3.05) is 5.73 Å². The number of hydrogen-bond donors (Lipinski definition) is 1. The van der Waals surface area contributed by atoms with Gasteiger partial charge in [0.05, 0.1) is 5.75 Å². The first-order valence-electron chi connectivity index (χ1n) is 4.99. The van der Waals surface area contributed by atoms with Crippen LogP contribution in [0.4, 0.5) is 5.95 Å². The molecule has 0 unspecified atom stereocenters. The zero-order valence-electron chi connectivity index (χ0n) is 9.22. The van der Waals surface area contributed by atoms with Crippen molar-refractivity contribution in [3.05, 3.63) is 40.9 Å². The van der Waals surface area contributed by atoms with E-state index in [9.17, 15) is 0 Å². The highest BCUT2D eigenvalue weighted by Gasteiger charge is 2.02. The summed E-state index contributed by atoms with van der Waals surface area (Å²) in [4.78, 5) is 13.3. The number of halogens is 1. The predicted molar refractivity (Wildman–Crippen MR) is 70.0 cm³/mol. The Morgan fingerprint density at radius 3 is 2.53 bits per heavy atom. The number of benzene rings is 1. The number of anilines is 1. The Bertz CT molecular complexity index is 495. The van der Waals surface area contributed by atoms with Gasteiger partial charge in [-0.25, -0.2) is 4.98 Å². The average molecular weight is 267 g/mol. The van der Waals surface area contributed by atoms with Crippen LogP contribution in [-0.2, 0) is 5.75 Å². The Morgan fingerprint density at radius 2 is 1.88 bits per heavy atom. The zero-order chi connectivity index (χ0) is 12.3. The summed E-state index contributed by atoms with van der Waals surface area (Å²) in [6, 6.07) is 7.64. The number of thioether (sulfide) groups is 1. The predicted octanol–water partition coefficient (Wildman–Crippen LogP) is 2.71. The van der Waals surface area contributed by atoms with Crippen molar-refractivity contribution in [1.82, 2.24) is 15.0 Å². The average Bonchev–Trinajstić information content (AvgIpc) is 2.27. The van der Waals surface area contributed by atoms with Gasteiger partial charge >= 0.3 is 0 Å². The van der Waals surface area contributed by atoms with Gasteiger partial charge in [0.1, 0.15) is 11.6 Å². The van der Waals surface area contributed by atoms with E-state index in [1.807, 2.05) is 24.3 Å². The first kappa shape index (κ1) is 12.1. The maximum Gasteiger partial charge on any atom is 0.223 e. The quantitative estimate of drug-likeness (QED) is 0.866. The molecule has 0 bridgehead atoms. The zero-order valence-corrected chi connectivity index (χ0v) is 10.8. The van der Waals surface area contributed by atoms with E-state index < -0.39 is 0 Å². The molecule has 1 heterocycles. The summed E-state index contributed by atoms with van der Waals surface area (Å²) in [5.41, 5.74) is 5.56. The first-order chi connectivity index (χ1) is 8.13. The van der Waals surface area contributed by atoms with Gasteiger partial charge in [-0.15, -0.1) is 11.8 Å². The summed E-state index contributed by atoms with van der Waals surface area (Å²) in [6.45, 7) is 1.80. The Kier molecular flexibility index (Phi) is 3.81. The summed E-state index contributed by atoms with van der Waals surface area (Å²) < 4.78 is 0. The largest absolute Gasteiger partial charge is 0.368 e. The normalized spacial score (nSPS) is 10.5. The molecule has 17 heavy (non-hydrogen) atoms. The van der Waals surface area contributed by atoms with E-state index in [1.165, 1.54) is 0 Å². The third kappa shape index (κ3) is 3.57. The van der Waals surface area contributed by atoms with Crippen LogP contribution in [0.5, 0.6) is 0 Å². The van der Waals surface area contributed by atoms with Gasteiger partial charge < -0.3 is 5.73 Å². The molecule has 0 saturated heterocycles. The number of nitrogens with zero attached hydrogens (tertiary/aromatic N) is 3. The minimum atomic E-state index is 0.268. The maximum atomic E-state index is 5.81. The monoisotopic (exact) mass is 266 g/mol. The fourth-order valence-corrected chi connectivity index (χ4v) is 2.18. The van der Waals surface area contributed by atoms with Gasteiger partial charge in [0.2, 0.25) is 5.95 Å². The Balaban J connectivity index is 2.04. The number of aromatic nitrogens is 3. The molecule has 0 amide bonds. The molecule has 0 aliphatic heterocycles. The van der Waals surface area contributed by atoms with Gasteiger partial charge in [0.15, 0.2) is 0 Å². The fourth-order valence-electron chi connectivity index (χ4n) is 1.30. The van der Waals surface area contributed by atoms with Crippen molar-refractivity contribution in [1.29, 1.82) is 0 Å². The number of aryl methyl sites for hydroxylation is 1. The smallest absolute Gasteiger partial charge is 0.223 e. The number of hydrogen-bond acceptors (Lipinski definition) is 5. The molecular weight excluding hydrogens is 256 g/mol. The van der Waals surface area contributed by atoms with Crippen LogP contribution in [0.2, 0.25) is 5.02 Å². The molecule has 0 aliphatic rings. The third-order valence-electron chi connectivity index (χ3n) is 1.99. The second-order valence-corrected chi connectivity index (χ2v) is 4.88. The minimum Gasteiger partial charge on any atom is -0.368 e. The molecule has 4 nitrogen and oxygen atoms in total. The molecule has 2 N–H and O–H groups in total. The molecule has 0 spiro atoms. The van der Waals surface area contributed by atoms with Crippen molar-refractivity contribution in [3.8, 4) is 0 Å². The fraction of sp³-hybridized carbons (Fsp3) is 0.182. The topological polar surface area (TPSA) is 64.7 Å². The minimum absolute atomic E-state index is 0.268. The molecule has 88 valence electrons. The molecule has 2 aromatic rings. The van der Waals surface area contributed by atoms with Gasteiger partial charge in [0, 0.05) is 9.92 Å². The summed E-state index contributed by atoms with van der Waals surface area (Å²) in [6.07, 6.45) is 0. The summed E-state index contributed by atoms with van der Waals surface area (Å²) in [5, 5.41) is 0.731. The second kappa shape index (κ2) is 5.33. The van der Waals surface area contributed by atoms with Gasteiger partial charge in [-0.1, -0.05) is 11.6 Å². The van der Waals surface area contributed by atoms with Gasteiger partial charge in [-0.2, -0.15) is 9.97 Å². The van der Waals surface area contributed by atoms with Gasteiger partial charge in [-0.05, 0) is 31.2 Å². The highest BCUT2D eigenvalue weighted by Crippen LogP contribution is 2.23. The van der Waals surface area contributed by atoms with Crippen LogP contribution < -0.4 is 5.73 Å². The number of nitrogens with two attached hydrogens (primary N) is 1. The third-order valence-corrected chi connectivity index (χ3v) is 3.25. The molecule has 2 rings (SSSR count). The van der Waals surface area contributed by atoms with Crippen molar-refractivity contribution < 1.29 is 0 Å². The van der Waals surface area contributed by atoms with Crippen molar-refractivity contribution >= 4 is 29.3 Å². The van der Waals surface area contributed by atoms with E-state index in [2.05, 4.69) is 15.0 Å². The lowest BCUT2D eigenvalue weighted by Crippen LogP contribution is -2.03. The lowest BCUT2D eigenvalue weighted by molar-refractivity contribution is 0.923. The molecular formula is C11H11ClN4S. The Morgan fingerprint density at radius 1 is 1.18 bits per heavy atom. The van der Waals surface area contributed by atoms with Crippen molar-refractivity contribution in [3.63, 3.8) is 0 Å². The molecule has 0 saturated carbocycles. The van der Waals surface area contributed by atoms with Crippen LogP contribution in [0.3, 0.4) is 0 Å². The molecule has 0 fully saturated rings. The molecule has 0 radical (unpaired) electrons. The highest BCUT2D eigenvalue weighted by molar-refractivity contribution is 7.98. The molecule has 6 heteroatoms. The van der Waals surface area contributed by atoms with Crippen LogP contribution in [0.15, 0.2) is 29.2 Å². The van der Waals surface area contributed by atoms with Crippen molar-refractivity contribution in [2.24, 2.45) is 0 Å². The standard InChI is InChI=1S/C11H11ClN4S/c1-7-14-10(16-11(13)15-7)6-17-9-4-2-8(12)3-5-9/h2-5H,6H2,1H3,(H2,13,14,15,16). The summed E-state index contributed by atoms with van der Waals surface area (Å²) in [5.74, 6) is 2.26.